The van der Waals surface area contributed by atoms with Crippen LogP contribution in [0, 0.1) is 0 Å². The van der Waals surface area contributed by atoms with Gasteiger partial charge in [0.05, 0.1) is 20.6 Å². The van der Waals surface area contributed by atoms with Crippen LogP contribution in [-0.2, 0) is 20.7 Å². The molecule has 0 saturated carbocycles. The molecule has 3 rings (SSSR count). The first kappa shape index (κ1) is 19.2. The van der Waals surface area contributed by atoms with Crippen molar-refractivity contribution in [3.63, 3.8) is 0 Å². The molecule has 6 nitrogen and oxygen atoms in total. The predicted molar refractivity (Wildman–Crippen MR) is 107 cm³/mol. The fourth-order valence-corrected chi connectivity index (χ4v) is 2.82. The molecular weight excluding hydrogens is 358 g/mol. The number of ether oxygens (including phenoxy) is 3. The molecular formula is C22H21NO5. The fraction of sp³-hybridized carbons (Fsp3) is 0.182. The van der Waals surface area contributed by atoms with E-state index in [1.165, 1.54) is 7.11 Å². The van der Waals surface area contributed by atoms with E-state index in [1.54, 1.807) is 25.3 Å². The van der Waals surface area contributed by atoms with E-state index >= 15 is 0 Å². The summed E-state index contributed by atoms with van der Waals surface area (Å²) in [6.45, 7) is -0.348. The van der Waals surface area contributed by atoms with E-state index in [9.17, 15) is 9.59 Å². The van der Waals surface area contributed by atoms with Gasteiger partial charge in [0.1, 0.15) is 0 Å². The number of rotatable bonds is 7. The summed E-state index contributed by atoms with van der Waals surface area (Å²) in [4.78, 5) is 24.1. The molecule has 0 aliphatic carbocycles. The maximum absolute atomic E-state index is 12.1. The number of fused-ring (bicyclic) bond motifs is 1. The largest absolute Gasteiger partial charge is 0.493 e. The lowest BCUT2D eigenvalue weighted by atomic mass is 10.1. The highest BCUT2D eigenvalue weighted by molar-refractivity contribution is 5.95. The summed E-state index contributed by atoms with van der Waals surface area (Å²) in [6, 6.07) is 18.6. The zero-order valence-electron chi connectivity index (χ0n) is 15.7. The monoisotopic (exact) mass is 379 g/mol. The number of anilines is 1. The molecule has 28 heavy (non-hydrogen) atoms. The van der Waals surface area contributed by atoms with E-state index in [4.69, 9.17) is 14.2 Å². The molecule has 0 bridgehead atoms. The zero-order valence-corrected chi connectivity index (χ0v) is 15.7. The molecule has 0 aromatic heterocycles. The lowest BCUT2D eigenvalue weighted by Gasteiger charge is -2.10. The third-order valence-electron chi connectivity index (χ3n) is 4.19. The maximum atomic E-state index is 12.1. The highest BCUT2D eigenvalue weighted by Crippen LogP contribution is 2.27. The molecule has 0 heterocycles. The van der Waals surface area contributed by atoms with Crippen LogP contribution in [0.25, 0.3) is 10.8 Å². The van der Waals surface area contributed by atoms with Gasteiger partial charge >= 0.3 is 5.97 Å². The summed E-state index contributed by atoms with van der Waals surface area (Å²) in [5, 5.41) is 4.84. The Morgan fingerprint density at radius 3 is 2.36 bits per heavy atom. The van der Waals surface area contributed by atoms with Crippen LogP contribution in [-0.4, -0.2) is 32.7 Å². The molecule has 1 N–H and O–H groups in total. The number of methoxy groups -OCH3 is 2. The average molecular weight is 379 g/mol. The Hall–Kier alpha value is -3.54. The average Bonchev–Trinajstić information content (AvgIpc) is 2.72. The first-order valence-corrected chi connectivity index (χ1v) is 8.74. The van der Waals surface area contributed by atoms with Crippen LogP contribution in [0.5, 0.6) is 11.5 Å². The van der Waals surface area contributed by atoms with Crippen molar-refractivity contribution in [3.8, 4) is 11.5 Å². The van der Waals surface area contributed by atoms with Crippen molar-refractivity contribution >= 4 is 28.3 Å². The fourth-order valence-electron chi connectivity index (χ4n) is 2.82. The number of esters is 1. The van der Waals surface area contributed by atoms with Gasteiger partial charge < -0.3 is 19.5 Å². The van der Waals surface area contributed by atoms with Gasteiger partial charge in [-0.05, 0) is 40.6 Å². The summed E-state index contributed by atoms with van der Waals surface area (Å²) >= 11 is 0. The standard InChI is InChI=1S/C22H21NO5/c1-26-19-10-7-15(11-20(19)27-2)12-22(25)28-14-21(24)23-18-9-8-16-5-3-4-6-17(16)13-18/h3-11,13H,12,14H2,1-2H3,(H,23,24). The maximum Gasteiger partial charge on any atom is 0.310 e. The predicted octanol–water partition coefficient (Wildman–Crippen LogP) is 3.58. The molecule has 0 spiro atoms. The molecule has 0 atom stereocenters. The van der Waals surface area contributed by atoms with Crippen LogP contribution < -0.4 is 14.8 Å². The molecule has 0 radical (unpaired) electrons. The summed E-state index contributed by atoms with van der Waals surface area (Å²) in [5.41, 5.74) is 1.36. The minimum Gasteiger partial charge on any atom is -0.493 e. The van der Waals surface area contributed by atoms with Crippen molar-refractivity contribution in [3.05, 3.63) is 66.2 Å². The van der Waals surface area contributed by atoms with Crippen molar-refractivity contribution in [2.45, 2.75) is 6.42 Å². The minimum atomic E-state index is -0.499. The smallest absolute Gasteiger partial charge is 0.310 e. The van der Waals surface area contributed by atoms with E-state index in [2.05, 4.69) is 5.32 Å². The zero-order chi connectivity index (χ0) is 19.9. The van der Waals surface area contributed by atoms with Crippen LogP contribution in [0.3, 0.4) is 0 Å². The third kappa shape index (κ3) is 4.79. The highest BCUT2D eigenvalue weighted by Gasteiger charge is 2.11. The van der Waals surface area contributed by atoms with Gasteiger partial charge in [-0.3, -0.25) is 9.59 Å². The minimum absolute atomic E-state index is 0.0314. The summed E-state index contributed by atoms with van der Waals surface area (Å²) in [6.07, 6.45) is 0.0314. The van der Waals surface area contributed by atoms with Crippen LogP contribution in [0.4, 0.5) is 5.69 Å². The third-order valence-corrected chi connectivity index (χ3v) is 4.19. The molecule has 0 aliphatic heterocycles. The van der Waals surface area contributed by atoms with Crippen LogP contribution in [0.15, 0.2) is 60.7 Å². The van der Waals surface area contributed by atoms with E-state index in [1.807, 2.05) is 42.5 Å². The van der Waals surface area contributed by atoms with Crippen molar-refractivity contribution in [2.75, 3.05) is 26.1 Å². The van der Waals surface area contributed by atoms with Gasteiger partial charge in [0.15, 0.2) is 18.1 Å². The summed E-state index contributed by atoms with van der Waals surface area (Å²) in [5.74, 6) is 0.216. The molecule has 0 unspecified atom stereocenters. The lowest BCUT2D eigenvalue weighted by molar-refractivity contribution is -0.146. The van der Waals surface area contributed by atoms with Gasteiger partial charge in [-0.1, -0.05) is 36.4 Å². The second kappa shape index (κ2) is 8.90. The quantitative estimate of drug-likeness (QED) is 0.635. The van der Waals surface area contributed by atoms with Crippen molar-refractivity contribution in [2.24, 2.45) is 0 Å². The van der Waals surface area contributed by atoms with E-state index in [-0.39, 0.29) is 13.0 Å². The molecule has 6 heteroatoms. The van der Waals surface area contributed by atoms with E-state index in [0.717, 1.165) is 10.8 Å². The van der Waals surface area contributed by atoms with Crippen LogP contribution >= 0.6 is 0 Å². The SMILES string of the molecule is COc1ccc(CC(=O)OCC(=O)Nc2ccc3ccccc3c2)cc1OC. The van der Waals surface area contributed by atoms with Gasteiger partial charge in [0.25, 0.3) is 5.91 Å². The van der Waals surface area contributed by atoms with Crippen LogP contribution in [0.2, 0.25) is 0 Å². The molecule has 144 valence electrons. The first-order valence-electron chi connectivity index (χ1n) is 8.74. The van der Waals surface area contributed by atoms with Gasteiger partial charge in [-0.2, -0.15) is 0 Å². The molecule has 3 aromatic rings. The Morgan fingerprint density at radius 2 is 1.61 bits per heavy atom. The number of hydrogen-bond donors (Lipinski definition) is 1. The molecule has 0 saturated heterocycles. The molecule has 0 fully saturated rings. The Balaban J connectivity index is 1.53. The molecule has 1 amide bonds. The lowest BCUT2D eigenvalue weighted by Crippen LogP contribution is -2.21. The van der Waals surface area contributed by atoms with E-state index < -0.39 is 11.9 Å². The Bertz CT molecular complexity index is 999. The number of hydrogen-bond acceptors (Lipinski definition) is 5. The summed E-state index contributed by atoms with van der Waals surface area (Å²) in [7, 11) is 3.07. The number of amides is 1. The Labute approximate surface area is 163 Å². The topological polar surface area (TPSA) is 73.9 Å². The number of benzene rings is 3. The first-order chi connectivity index (χ1) is 13.6. The Morgan fingerprint density at radius 1 is 0.857 bits per heavy atom. The highest BCUT2D eigenvalue weighted by atomic mass is 16.5. The Kier molecular flexibility index (Phi) is 6.11. The summed E-state index contributed by atoms with van der Waals surface area (Å²) < 4.78 is 15.5. The molecule has 0 aliphatic rings. The second-order valence-electron chi connectivity index (χ2n) is 6.14. The molecule has 3 aromatic carbocycles. The van der Waals surface area contributed by atoms with Gasteiger partial charge in [-0.15, -0.1) is 0 Å². The van der Waals surface area contributed by atoms with Crippen LogP contribution in [0.1, 0.15) is 5.56 Å². The second-order valence-corrected chi connectivity index (χ2v) is 6.14. The van der Waals surface area contributed by atoms with Gasteiger partial charge in [0.2, 0.25) is 0 Å². The van der Waals surface area contributed by atoms with Crippen molar-refractivity contribution in [1.82, 2.24) is 0 Å². The normalized spacial score (nSPS) is 10.4. The van der Waals surface area contributed by atoms with Gasteiger partial charge in [0, 0.05) is 5.69 Å². The number of nitrogens with one attached hydrogen (secondary N) is 1. The number of carbonyl (C=O) groups is 2. The van der Waals surface area contributed by atoms with E-state index in [0.29, 0.717) is 22.7 Å². The van der Waals surface area contributed by atoms with Gasteiger partial charge in [-0.25, -0.2) is 0 Å². The van der Waals surface area contributed by atoms with Crippen molar-refractivity contribution in [1.29, 1.82) is 0 Å². The number of carbonyl (C=O) groups excluding carboxylic acids is 2. The van der Waals surface area contributed by atoms with Crippen molar-refractivity contribution < 1.29 is 23.8 Å².